The number of thiazole rings is 1. The van der Waals surface area contributed by atoms with Crippen molar-refractivity contribution in [2.24, 2.45) is 10.9 Å². The highest BCUT2D eigenvalue weighted by molar-refractivity contribution is 14.0. The van der Waals surface area contributed by atoms with Crippen molar-refractivity contribution in [3.8, 4) is 0 Å². The standard InChI is InChI=1S/C17H30N4S2.HI/c1-6-18-17(21-9-10-22-16(11-21)12(2)3)19-8-7-15-13(4)20-14(5)23-15;/h12,16H,6-11H2,1-5H3,(H,18,19);1H. The molecule has 138 valence electrons. The number of halogens is 1. The Kier molecular flexibility index (Phi) is 9.96. The zero-order valence-corrected chi connectivity index (χ0v) is 19.4. The van der Waals surface area contributed by atoms with Crippen molar-refractivity contribution < 1.29 is 0 Å². The third-order valence-electron chi connectivity index (χ3n) is 4.07. The Morgan fingerprint density at radius 3 is 2.75 bits per heavy atom. The lowest BCUT2D eigenvalue weighted by Crippen LogP contribution is -2.49. The first-order valence-electron chi connectivity index (χ1n) is 8.59. The molecule has 1 aliphatic heterocycles. The monoisotopic (exact) mass is 482 g/mol. The van der Waals surface area contributed by atoms with E-state index in [1.807, 2.05) is 0 Å². The molecule has 1 aromatic heterocycles. The van der Waals surface area contributed by atoms with E-state index in [1.165, 1.54) is 16.3 Å². The predicted molar refractivity (Wildman–Crippen MR) is 119 cm³/mol. The normalized spacial score (nSPS) is 18.7. The topological polar surface area (TPSA) is 40.5 Å². The van der Waals surface area contributed by atoms with E-state index in [0.717, 1.165) is 43.6 Å². The van der Waals surface area contributed by atoms with Crippen LogP contribution in [0.5, 0.6) is 0 Å². The van der Waals surface area contributed by atoms with Gasteiger partial charge in [-0.1, -0.05) is 13.8 Å². The van der Waals surface area contributed by atoms with Crippen LogP contribution < -0.4 is 5.32 Å². The van der Waals surface area contributed by atoms with Gasteiger partial charge in [-0.25, -0.2) is 4.98 Å². The Balaban J connectivity index is 0.00000288. The largest absolute Gasteiger partial charge is 0.357 e. The minimum absolute atomic E-state index is 0. The smallest absolute Gasteiger partial charge is 0.193 e. The van der Waals surface area contributed by atoms with Gasteiger partial charge in [0.2, 0.25) is 0 Å². The molecule has 0 saturated carbocycles. The fraction of sp³-hybridized carbons (Fsp3) is 0.765. The Labute approximate surface area is 172 Å². The highest BCUT2D eigenvalue weighted by Gasteiger charge is 2.24. The van der Waals surface area contributed by atoms with Gasteiger partial charge in [0.15, 0.2) is 5.96 Å². The average Bonchev–Trinajstić information content (AvgIpc) is 2.84. The van der Waals surface area contributed by atoms with Gasteiger partial charge in [-0.05, 0) is 26.7 Å². The Morgan fingerprint density at radius 1 is 1.42 bits per heavy atom. The van der Waals surface area contributed by atoms with Gasteiger partial charge in [-0.2, -0.15) is 11.8 Å². The van der Waals surface area contributed by atoms with Gasteiger partial charge in [0.1, 0.15) is 0 Å². The summed E-state index contributed by atoms with van der Waals surface area (Å²) in [7, 11) is 0. The molecule has 0 aromatic carbocycles. The molecule has 1 unspecified atom stereocenters. The third kappa shape index (κ3) is 6.37. The first kappa shape index (κ1) is 22.0. The van der Waals surface area contributed by atoms with Gasteiger partial charge < -0.3 is 10.2 Å². The van der Waals surface area contributed by atoms with E-state index in [-0.39, 0.29) is 24.0 Å². The van der Waals surface area contributed by atoms with Crippen molar-refractivity contribution in [3.05, 3.63) is 15.6 Å². The fourth-order valence-electron chi connectivity index (χ4n) is 2.77. The number of rotatable bonds is 5. The molecule has 0 amide bonds. The molecule has 2 heterocycles. The van der Waals surface area contributed by atoms with Crippen molar-refractivity contribution in [3.63, 3.8) is 0 Å². The second kappa shape index (κ2) is 10.9. The highest BCUT2D eigenvalue weighted by Crippen LogP contribution is 2.25. The molecular formula is C17H31IN4S2. The summed E-state index contributed by atoms with van der Waals surface area (Å²) >= 11 is 3.91. The van der Waals surface area contributed by atoms with Crippen molar-refractivity contribution in [2.45, 2.75) is 46.3 Å². The van der Waals surface area contributed by atoms with Crippen LogP contribution in [-0.4, -0.2) is 53.0 Å². The van der Waals surface area contributed by atoms with Crippen LogP contribution in [0.3, 0.4) is 0 Å². The summed E-state index contributed by atoms with van der Waals surface area (Å²) < 4.78 is 0. The molecule has 2 rings (SSSR count). The zero-order chi connectivity index (χ0) is 16.8. The number of thioether (sulfide) groups is 1. The Morgan fingerprint density at radius 2 is 2.17 bits per heavy atom. The van der Waals surface area contributed by atoms with Crippen LogP contribution in [0.2, 0.25) is 0 Å². The highest BCUT2D eigenvalue weighted by atomic mass is 127. The molecule has 0 radical (unpaired) electrons. The number of aryl methyl sites for hydroxylation is 2. The summed E-state index contributed by atoms with van der Waals surface area (Å²) in [5.41, 5.74) is 1.17. The van der Waals surface area contributed by atoms with Gasteiger partial charge in [0, 0.05) is 48.5 Å². The van der Waals surface area contributed by atoms with Gasteiger partial charge in [0.05, 0.1) is 10.7 Å². The van der Waals surface area contributed by atoms with E-state index in [9.17, 15) is 0 Å². The number of nitrogens with zero attached hydrogens (tertiary/aromatic N) is 3. The number of aliphatic imine (C=N–C) groups is 1. The molecule has 1 atom stereocenters. The molecule has 0 spiro atoms. The van der Waals surface area contributed by atoms with Crippen molar-refractivity contribution in [2.75, 3.05) is 31.9 Å². The molecule has 1 aliphatic rings. The lowest BCUT2D eigenvalue weighted by molar-refractivity contribution is 0.381. The Hall–Kier alpha value is -0.0200. The third-order valence-corrected chi connectivity index (χ3v) is 6.74. The van der Waals surface area contributed by atoms with Crippen LogP contribution in [0.4, 0.5) is 0 Å². The van der Waals surface area contributed by atoms with Crippen molar-refractivity contribution in [1.29, 1.82) is 0 Å². The van der Waals surface area contributed by atoms with E-state index in [1.54, 1.807) is 11.3 Å². The van der Waals surface area contributed by atoms with Gasteiger partial charge >= 0.3 is 0 Å². The van der Waals surface area contributed by atoms with Crippen molar-refractivity contribution >= 4 is 53.0 Å². The minimum atomic E-state index is 0. The summed E-state index contributed by atoms with van der Waals surface area (Å²) in [5.74, 6) is 2.99. The maximum atomic E-state index is 4.88. The van der Waals surface area contributed by atoms with Crippen LogP contribution in [0.1, 0.15) is 36.3 Å². The maximum Gasteiger partial charge on any atom is 0.193 e. The number of aromatic nitrogens is 1. The van der Waals surface area contributed by atoms with Crippen LogP contribution in [0, 0.1) is 19.8 Å². The first-order chi connectivity index (χ1) is 11.0. The molecule has 4 nitrogen and oxygen atoms in total. The summed E-state index contributed by atoms with van der Waals surface area (Å²) in [5, 5.41) is 5.33. The molecule has 7 heteroatoms. The van der Waals surface area contributed by atoms with Gasteiger partial charge in [-0.3, -0.25) is 4.99 Å². The van der Waals surface area contributed by atoms with Crippen LogP contribution in [0.25, 0.3) is 0 Å². The summed E-state index contributed by atoms with van der Waals surface area (Å²) in [6, 6.07) is 0. The molecule has 1 saturated heterocycles. The average molecular weight is 483 g/mol. The Bertz CT molecular complexity index is 531. The molecule has 1 fully saturated rings. The molecular weight excluding hydrogens is 451 g/mol. The second-order valence-corrected chi connectivity index (χ2v) is 8.96. The number of guanidine groups is 1. The van der Waals surface area contributed by atoms with E-state index in [2.05, 4.69) is 61.6 Å². The van der Waals surface area contributed by atoms with Gasteiger partial charge in [-0.15, -0.1) is 35.3 Å². The summed E-state index contributed by atoms with van der Waals surface area (Å²) in [4.78, 5) is 13.2. The van der Waals surface area contributed by atoms with Crippen LogP contribution >= 0.6 is 47.1 Å². The molecule has 0 bridgehead atoms. The lowest BCUT2D eigenvalue weighted by Gasteiger charge is -2.36. The lowest BCUT2D eigenvalue weighted by atomic mass is 10.1. The zero-order valence-electron chi connectivity index (χ0n) is 15.5. The van der Waals surface area contributed by atoms with E-state index in [0.29, 0.717) is 11.2 Å². The van der Waals surface area contributed by atoms with E-state index < -0.39 is 0 Å². The van der Waals surface area contributed by atoms with Crippen molar-refractivity contribution in [1.82, 2.24) is 15.2 Å². The minimum Gasteiger partial charge on any atom is -0.357 e. The van der Waals surface area contributed by atoms with E-state index >= 15 is 0 Å². The molecule has 0 aliphatic carbocycles. The van der Waals surface area contributed by atoms with Gasteiger partial charge in [0.25, 0.3) is 0 Å². The first-order valence-corrected chi connectivity index (χ1v) is 10.5. The van der Waals surface area contributed by atoms with Crippen LogP contribution in [0.15, 0.2) is 4.99 Å². The molecule has 24 heavy (non-hydrogen) atoms. The fourth-order valence-corrected chi connectivity index (χ4v) is 4.99. The summed E-state index contributed by atoms with van der Waals surface area (Å²) in [6.07, 6.45) is 0.989. The predicted octanol–water partition coefficient (Wildman–Crippen LogP) is 3.96. The number of hydrogen-bond acceptors (Lipinski definition) is 4. The van der Waals surface area contributed by atoms with E-state index in [4.69, 9.17) is 4.99 Å². The second-order valence-electron chi connectivity index (χ2n) is 6.33. The number of hydrogen-bond donors (Lipinski definition) is 1. The SMILES string of the molecule is CCNC(=NCCc1sc(C)nc1C)N1CCSC(C(C)C)C1.I. The number of nitrogens with one attached hydrogen (secondary N) is 1. The summed E-state index contributed by atoms with van der Waals surface area (Å²) in [6.45, 7) is 14.9. The van der Waals surface area contributed by atoms with Crippen LogP contribution in [-0.2, 0) is 6.42 Å². The molecule has 1 aromatic rings. The molecule has 1 N–H and O–H groups in total. The quantitative estimate of drug-likeness (QED) is 0.392. The maximum absolute atomic E-state index is 4.88.